The van der Waals surface area contributed by atoms with Gasteiger partial charge in [0.25, 0.3) is 0 Å². The maximum atomic E-state index is 13.1. The number of esters is 1. The van der Waals surface area contributed by atoms with Crippen molar-refractivity contribution in [3.05, 3.63) is 11.6 Å². The number of unbranched alkanes of at least 4 members (excludes halogenated alkanes) is 1. The molecule has 51 heavy (non-hydrogen) atoms. The molecule has 3 saturated carbocycles. The standard InChI is InChI=1S/C44H80N4O3/c1-7-34(32(2)3)16-15-33(4)38-19-20-39-37-18-17-35-31-36(21-23-43(35,5)40(37)22-24-44(38,39)6)51-42(50)14-10-13-41(49)48(30-12-26-46)29-9-8-27-47-28-11-25-45/h17,32-34,36-40,47H,7-16,18-31,45-46H2,1-6H3/t33?,34?,36-,37-,38+,39-,40-,43-,44+/m0/s1. The van der Waals surface area contributed by atoms with Gasteiger partial charge in [-0.3, -0.25) is 9.59 Å². The van der Waals surface area contributed by atoms with Gasteiger partial charge in [0, 0.05) is 32.4 Å². The van der Waals surface area contributed by atoms with E-state index in [1.54, 1.807) is 5.57 Å². The minimum Gasteiger partial charge on any atom is -0.462 e. The summed E-state index contributed by atoms with van der Waals surface area (Å²) < 4.78 is 6.10. The minimum atomic E-state index is -0.138. The Bertz CT molecular complexity index is 1110. The summed E-state index contributed by atoms with van der Waals surface area (Å²) >= 11 is 0. The van der Waals surface area contributed by atoms with Crippen LogP contribution in [0.25, 0.3) is 0 Å². The summed E-state index contributed by atoms with van der Waals surface area (Å²) in [4.78, 5) is 28.0. The van der Waals surface area contributed by atoms with Gasteiger partial charge in [0.2, 0.25) is 5.91 Å². The minimum absolute atomic E-state index is 0.0213. The first kappa shape index (κ1) is 42.3. The van der Waals surface area contributed by atoms with Crippen molar-refractivity contribution in [3.8, 4) is 0 Å². The summed E-state index contributed by atoms with van der Waals surface area (Å²) in [6.07, 6.45) is 21.6. The molecule has 2 unspecified atom stereocenters. The van der Waals surface area contributed by atoms with Crippen LogP contribution in [-0.2, 0) is 14.3 Å². The number of amides is 1. The molecule has 7 nitrogen and oxygen atoms in total. The van der Waals surface area contributed by atoms with Crippen LogP contribution in [0.4, 0.5) is 0 Å². The van der Waals surface area contributed by atoms with Gasteiger partial charge < -0.3 is 26.4 Å². The molecule has 7 heteroatoms. The Kier molecular flexibility index (Phi) is 16.8. The molecule has 0 spiro atoms. The van der Waals surface area contributed by atoms with Gasteiger partial charge in [-0.15, -0.1) is 0 Å². The van der Waals surface area contributed by atoms with Gasteiger partial charge >= 0.3 is 5.97 Å². The maximum absolute atomic E-state index is 13.1. The molecular formula is C44H80N4O3. The zero-order chi connectivity index (χ0) is 37.0. The Hall–Kier alpha value is -1.44. The van der Waals surface area contributed by atoms with E-state index in [1.807, 2.05) is 4.90 Å². The van der Waals surface area contributed by atoms with E-state index in [9.17, 15) is 9.59 Å². The second kappa shape index (κ2) is 20.3. The number of allylic oxidation sites excluding steroid dienone is 1. The number of nitrogens with zero attached hydrogens (tertiary/aromatic N) is 1. The molecule has 4 aliphatic carbocycles. The molecular weight excluding hydrogens is 633 g/mol. The fourth-order valence-corrected chi connectivity index (χ4v) is 11.7. The lowest BCUT2D eigenvalue weighted by Crippen LogP contribution is -2.51. The molecule has 294 valence electrons. The maximum Gasteiger partial charge on any atom is 0.306 e. The SMILES string of the molecule is CCC(CCC(C)[C@H]1CC[C@H]2[C@@H]3CC=C4C[C@@H](OC(=O)CCCC(=O)N(CCCN)CCCCNCCCN)CC[C@]4(C)[C@H]3CC[C@]12C)C(C)C. The van der Waals surface area contributed by atoms with Crippen LogP contribution in [0.1, 0.15) is 157 Å². The molecule has 0 aromatic carbocycles. The summed E-state index contributed by atoms with van der Waals surface area (Å²) in [5.74, 6) is 5.81. The van der Waals surface area contributed by atoms with Gasteiger partial charge in [0.05, 0.1) is 0 Å². The van der Waals surface area contributed by atoms with Gasteiger partial charge in [-0.1, -0.05) is 66.0 Å². The zero-order valence-electron chi connectivity index (χ0n) is 34.0. The number of ether oxygens (including phenoxy) is 1. The van der Waals surface area contributed by atoms with Crippen LogP contribution in [0.5, 0.6) is 0 Å². The summed E-state index contributed by atoms with van der Waals surface area (Å²) in [5.41, 5.74) is 13.6. The smallest absolute Gasteiger partial charge is 0.306 e. The van der Waals surface area contributed by atoms with Crippen LogP contribution in [-0.4, -0.2) is 62.1 Å². The Morgan fingerprint density at radius 3 is 2.37 bits per heavy atom. The third kappa shape index (κ3) is 10.8. The molecule has 3 fully saturated rings. The van der Waals surface area contributed by atoms with E-state index in [1.165, 1.54) is 51.4 Å². The number of nitrogens with two attached hydrogens (primary N) is 2. The lowest BCUT2D eigenvalue weighted by molar-refractivity contribution is -0.151. The van der Waals surface area contributed by atoms with Gasteiger partial charge in [-0.2, -0.15) is 0 Å². The van der Waals surface area contributed by atoms with E-state index < -0.39 is 0 Å². The summed E-state index contributed by atoms with van der Waals surface area (Å²) in [5, 5.41) is 3.41. The fraction of sp³-hybridized carbons (Fsp3) is 0.909. The van der Waals surface area contributed by atoms with Gasteiger partial charge in [0.15, 0.2) is 0 Å². The second-order valence-corrected chi connectivity index (χ2v) is 18.3. The van der Waals surface area contributed by atoms with Crippen molar-refractivity contribution in [2.45, 2.75) is 163 Å². The van der Waals surface area contributed by atoms with E-state index in [-0.39, 0.29) is 23.4 Å². The summed E-state index contributed by atoms with van der Waals surface area (Å²) in [6, 6.07) is 0. The average molecular weight is 713 g/mol. The highest BCUT2D eigenvalue weighted by molar-refractivity contribution is 5.77. The van der Waals surface area contributed by atoms with Crippen molar-refractivity contribution in [2.24, 2.45) is 63.7 Å². The Morgan fingerprint density at radius 1 is 0.902 bits per heavy atom. The number of hydrogen-bond acceptors (Lipinski definition) is 6. The quantitative estimate of drug-likeness (QED) is 0.0589. The molecule has 0 aromatic rings. The molecule has 0 bridgehead atoms. The normalized spacial score (nSPS) is 31.3. The third-order valence-electron chi connectivity index (χ3n) is 14.9. The zero-order valence-corrected chi connectivity index (χ0v) is 34.0. The molecule has 1 amide bonds. The van der Waals surface area contributed by atoms with Crippen LogP contribution in [0.15, 0.2) is 11.6 Å². The van der Waals surface area contributed by atoms with E-state index in [2.05, 4.69) is 52.9 Å². The summed E-state index contributed by atoms with van der Waals surface area (Å²) in [6.45, 7) is 19.6. The first-order valence-electron chi connectivity index (χ1n) is 21.8. The third-order valence-corrected chi connectivity index (χ3v) is 14.9. The van der Waals surface area contributed by atoms with Gasteiger partial charge in [0.1, 0.15) is 6.10 Å². The van der Waals surface area contributed by atoms with Crippen LogP contribution >= 0.6 is 0 Å². The Balaban J connectivity index is 1.23. The lowest BCUT2D eigenvalue weighted by atomic mass is 9.47. The van der Waals surface area contributed by atoms with Crippen molar-refractivity contribution in [2.75, 3.05) is 39.3 Å². The fourth-order valence-electron chi connectivity index (χ4n) is 11.7. The van der Waals surface area contributed by atoms with Crippen LogP contribution in [0.3, 0.4) is 0 Å². The summed E-state index contributed by atoms with van der Waals surface area (Å²) in [7, 11) is 0. The van der Waals surface area contributed by atoms with Crippen molar-refractivity contribution in [3.63, 3.8) is 0 Å². The lowest BCUT2D eigenvalue weighted by Gasteiger charge is -2.58. The molecule has 4 rings (SSSR count). The Morgan fingerprint density at radius 2 is 1.65 bits per heavy atom. The van der Waals surface area contributed by atoms with E-state index in [0.29, 0.717) is 44.3 Å². The molecule has 0 heterocycles. The van der Waals surface area contributed by atoms with Crippen molar-refractivity contribution >= 4 is 11.9 Å². The number of hydrogen-bond donors (Lipinski definition) is 3. The van der Waals surface area contributed by atoms with E-state index in [4.69, 9.17) is 16.2 Å². The predicted octanol–water partition coefficient (Wildman–Crippen LogP) is 8.64. The first-order chi connectivity index (χ1) is 24.5. The molecule has 0 saturated heterocycles. The Labute approximate surface area is 313 Å². The number of rotatable bonds is 22. The van der Waals surface area contributed by atoms with E-state index in [0.717, 1.165) is 106 Å². The largest absolute Gasteiger partial charge is 0.462 e. The molecule has 5 N–H and O–H groups in total. The van der Waals surface area contributed by atoms with Gasteiger partial charge in [-0.05, 0) is 162 Å². The average Bonchev–Trinajstić information content (AvgIpc) is 3.46. The molecule has 4 aliphatic rings. The van der Waals surface area contributed by atoms with Crippen molar-refractivity contribution < 1.29 is 14.3 Å². The highest BCUT2D eigenvalue weighted by Gasteiger charge is 2.59. The van der Waals surface area contributed by atoms with Crippen LogP contribution in [0, 0.1) is 52.3 Å². The second-order valence-electron chi connectivity index (χ2n) is 18.3. The molecule has 0 aromatic heterocycles. The molecule has 0 radical (unpaired) electrons. The topological polar surface area (TPSA) is 111 Å². The monoisotopic (exact) mass is 713 g/mol. The number of nitrogens with one attached hydrogen (secondary N) is 1. The van der Waals surface area contributed by atoms with Crippen molar-refractivity contribution in [1.82, 2.24) is 10.2 Å². The van der Waals surface area contributed by atoms with Crippen molar-refractivity contribution in [1.29, 1.82) is 0 Å². The number of carbonyl (C=O) groups excluding carboxylic acids is 2. The van der Waals surface area contributed by atoms with Crippen LogP contribution in [0.2, 0.25) is 0 Å². The predicted molar refractivity (Wildman–Crippen MR) is 212 cm³/mol. The number of carbonyl (C=O) groups is 2. The highest BCUT2D eigenvalue weighted by Crippen LogP contribution is 2.67. The van der Waals surface area contributed by atoms with Gasteiger partial charge in [-0.25, -0.2) is 0 Å². The van der Waals surface area contributed by atoms with E-state index >= 15 is 0 Å². The molecule has 0 aliphatic heterocycles. The number of fused-ring (bicyclic) bond motifs is 5. The first-order valence-corrected chi connectivity index (χ1v) is 21.8. The highest BCUT2D eigenvalue weighted by atomic mass is 16.5. The molecule has 9 atom stereocenters. The van der Waals surface area contributed by atoms with Crippen LogP contribution < -0.4 is 16.8 Å².